The zero-order chi connectivity index (χ0) is 27.0. The lowest BCUT2D eigenvalue weighted by Crippen LogP contribution is -2.24. The molecule has 9 heteroatoms. The van der Waals surface area contributed by atoms with E-state index in [9.17, 15) is 14.0 Å². The highest BCUT2D eigenvalue weighted by molar-refractivity contribution is 5.87. The van der Waals surface area contributed by atoms with Gasteiger partial charge in [0, 0.05) is 18.0 Å². The fourth-order valence-electron chi connectivity index (χ4n) is 4.35. The van der Waals surface area contributed by atoms with Gasteiger partial charge in [0.1, 0.15) is 18.0 Å². The zero-order valence-electron chi connectivity index (χ0n) is 21.0. The highest BCUT2D eigenvalue weighted by atomic mass is 19.1. The number of benzene rings is 2. The molecule has 2 heterocycles. The number of carbonyl (C=O) groups excluding carboxylic acids is 1. The number of nitrogens with zero attached hydrogens (tertiary/aromatic N) is 5. The van der Waals surface area contributed by atoms with Crippen LogP contribution in [0.5, 0.6) is 0 Å². The molecule has 5 rings (SSSR count). The maximum absolute atomic E-state index is 15.0. The van der Waals surface area contributed by atoms with Crippen LogP contribution in [0.2, 0.25) is 0 Å². The second-order valence-corrected chi connectivity index (χ2v) is 9.26. The van der Waals surface area contributed by atoms with Gasteiger partial charge in [0.15, 0.2) is 0 Å². The van der Waals surface area contributed by atoms with Crippen LogP contribution in [-0.2, 0) is 4.79 Å². The van der Waals surface area contributed by atoms with Gasteiger partial charge >= 0.3 is 0 Å². The molecular weight excluding hydrogens is 483 g/mol. The first-order chi connectivity index (χ1) is 18.3. The van der Waals surface area contributed by atoms with Crippen LogP contribution in [0.15, 0.2) is 60.3 Å². The maximum Gasteiger partial charge on any atom is 0.279 e. The van der Waals surface area contributed by atoms with E-state index in [0.717, 1.165) is 18.2 Å². The van der Waals surface area contributed by atoms with Crippen molar-refractivity contribution in [3.05, 3.63) is 88.4 Å². The molecule has 190 valence electrons. The van der Waals surface area contributed by atoms with Gasteiger partial charge in [-0.1, -0.05) is 24.5 Å². The Morgan fingerprint density at radius 3 is 2.82 bits per heavy atom. The molecule has 1 aliphatic carbocycles. The molecule has 4 aromatic rings. The standard InChI is InChI=1S/C29H25FN6O2/c1-4-26(37)35(3)11-5-6-23-27(32-16-33-28(23)31)24-13-21(30)14-25(17(24)2)36-29(38)22-10-9-19(18-7-8-18)12-20(22)15-34-36/h4,9-10,12-16,18H,1,7-8,11H2,2-3H3,(H2,31,32,33). The first kappa shape index (κ1) is 24.8. The average molecular weight is 509 g/mol. The third kappa shape index (κ3) is 4.64. The van der Waals surface area contributed by atoms with Gasteiger partial charge in [-0.15, -0.1) is 0 Å². The molecule has 0 aliphatic heterocycles. The Labute approximate surface area is 218 Å². The first-order valence-electron chi connectivity index (χ1n) is 12.1. The Balaban J connectivity index is 1.60. The van der Waals surface area contributed by atoms with Gasteiger partial charge in [-0.3, -0.25) is 9.59 Å². The molecule has 2 N–H and O–H groups in total. The van der Waals surface area contributed by atoms with Gasteiger partial charge in [-0.05, 0) is 67.2 Å². The number of aromatic nitrogens is 4. The van der Waals surface area contributed by atoms with Crippen LogP contribution in [0.4, 0.5) is 10.2 Å². The number of nitrogen functional groups attached to an aromatic ring is 1. The molecule has 38 heavy (non-hydrogen) atoms. The maximum atomic E-state index is 15.0. The largest absolute Gasteiger partial charge is 0.383 e. The van der Waals surface area contributed by atoms with Gasteiger partial charge < -0.3 is 10.6 Å². The molecule has 2 aromatic carbocycles. The van der Waals surface area contributed by atoms with E-state index in [1.807, 2.05) is 18.2 Å². The van der Waals surface area contributed by atoms with Crippen molar-refractivity contribution >= 4 is 22.5 Å². The van der Waals surface area contributed by atoms with Crippen molar-refractivity contribution in [3.8, 4) is 28.8 Å². The predicted octanol–water partition coefficient (Wildman–Crippen LogP) is 3.75. The molecule has 0 radical (unpaired) electrons. The molecule has 2 aromatic heterocycles. The minimum Gasteiger partial charge on any atom is -0.383 e. The van der Waals surface area contributed by atoms with Crippen LogP contribution >= 0.6 is 0 Å². The lowest BCUT2D eigenvalue weighted by atomic mass is 9.99. The van der Waals surface area contributed by atoms with Crippen LogP contribution in [0.1, 0.15) is 35.4 Å². The van der Waals surface area contributed by atoms with Crippen molar-refractivity contribution in [2.75, 3.05) is 19.3 Å². The number of likely N-dealkylation sites (N-methyl/N-ethyl adjacent to an activating group) is 1. The van der Waals surface area contributed by atoms with Gasteiger partial charge in [0.2, 0.25) is 5.91 Å². The van der Waals surface area contributed by atoms with E-state index in [-0.39, 0.29) is 35.1 Å². The number of halogens is 1. The minimum atomic E-state index is -0.578. The number of fused-ring (bicyclic) bond motifs is 1. The molecule has 0 saturated heterocycles. The highest BCUT2D eigenvalue weighted by Gasteiger charge is 2.24. The lowest BCUT2D eigenvalue weighted by molar-refractivity contribution is -0.124. The van der Waals surface area contributed by atoms with Gasteiger partial charge in [-0.25, -0.2) is 14.4 Å². The van der Waals surface area contributed by atoms with Gasteiger partial charge in [0.25, 0.3) is 5.56 Å². The Kier molecular flexibility index (Phi) is 6.47. The third-order valence-corrected chi connectivity index (χ3v) is 6.64. The quantitative estimate of drug-likeness (QED) is 0.325. The van der Waals surface area contributed by atoms with Crippen LogP contribution in [0.3, 0.4) is 0 Å². The Bertz CT molecular complexity index is 1730. The Hall–Kier alpha value is -4.84. The van der Waals surface area contributed by atoms with Crippen molar-refractivity contribution in [2.45, 2.75) is 25.7 Å². The summed E-state index contributed by atoms with van der Waals surface area (Å²) in [5.74, 6) is 5.60. The Morgan fingerprint density at radius 1 is 1.29 bits per heavy atom. The summed E-state index contributed by atoms with van der Waals surface area (Å²) in [6.07, 6.45) is 6.41. The topological polar surface area (TPSA) is 107 Å². The van der Waals surface area contributed by atoms with Crippen molar-refractivity contribution in [1.29, 1.82) is 0 Å². The van der Waals surface area contributed by atoms with Crippen molar-refractivity contribution in [3.63, 3.8) is 0 Å². The lowest BCUT2D eigenvalue weighted by Gasteiger charge is -2.15. The molecular formula is C29H25FN6O2. The van der Waals surface area contributed by atoms with E-state index >= 15 is 0 Å². The number of anilines is 1. The van der Waals surface area contributed by atoms with E-state index in [4.69, 9.17) is 5.73 Å². The number of amides is 1. The normalized spacial score (nSPS) is 12.6. The molecule has 1 saturated carbocycles. The highest BCUT2D eigenvalue weighted by Crippen LogP contribution is 2.40. The summed E-state index contributed by atoms with van der Waals surface area (Å²) in [7, 11) is 1.59. The van der Waals surface area contributed by atoms with E-state index in [2.05, 4.69) is 33.5 Å². The first-order valence-corrected chi connectivity index (χ1v) is 12.1. The predicted molar refractivity (Wildman–Crippen MR) is 144 cm³/mol. The third-order valence-electron chi connectivity index (χ3n) is 6.64. The molecule has 8 nitrogen and oxygen atoms in total. The number of rotatable bonds is 5. The second kappa shape index (κ2) is 9.90. The molecule has 0 atom stereocenters. The van der Waals surface area contributed by atoms with Gasteiger partial charge in [0.05, 0.1) is 35.1 Å². The van der Waals surface area contributed by atoms with Crippen LogP contribution < -0.4 is 11.3 Å². The molecule has 0 bridgehead atoms. The zero-order valence-corrected chi connectivity index (χ0v) is 21.0. The number of nitrogens with two attached hydrogens (primary N) is 1. The SMILES string of the molecule is C=CC(=O)N(C)CC#Cc1c(N)ncnc1-c1cc(F)cc(-n2ncc3cc(C4CC4)ccc3c2=O)c1C. The summed E-state index contributed by atoms with van der Waals surface area (Å²) < 4.78 is 16.2. The van der Waals surface area contributed by atoms with E-state index in [1.54, 1.807) is 20.2 Å². The summed E-state index contributed by atoms with van der Waals surface area (Å²) in [5.41, 5.74) is 8.81. The van der Waals surface area contributed by atoms with Crippen LogP contribution in [0, 0.1) is 24.6 Å². The monoisotopic (exact) mass is 508 g/mol. The summed E-state index contributed by atoms with van der Waals surface area (Å²) >= 11 is 0. The molecule has 1 amide bonds. The van der Waals surface area contributed by atoms with Crippen LogP contribution in [0.25, 0.3) is 27.7 Å². The molecule has 1 aliphatic rings. The second-order valence-electron chi connectivity index (χ2n) is 9.26. The van der Waals surface area contributed by atoms with Crippen molar-refractivity contribution in [1.82, 2.24) is 24.6 Å². The average Bonchev–Trinajstić information content (AvgIpc) is 3.76. The van der Waals surface area contributed by atoms with Crippen LogP contribution in [-0.4, -0.2) is 44.1 Å². The number of hydrogen-bond acceptors (Lipinski definition) is 6. The summed E-state index contributed by atoms with van der Waals surface area (Å²) in [5, 5.41) is 5.64. The molecule has 0 unspecified atom stereocenters. The van der Waals surface area contributed by atoms with Crippen molar-refractivity contribution in [2.24, 2.45) is 0 Å². The summed E-state index contributed by atoms with van der Waals surface area (Å²) in [6, 6.07) is 8.37. The number of carbonyl (C=O) groups is 1. The minimum absolute atomic E-state index is 0.109. The van der Waals surface area contributed by atoms with Gasteiger partial charge in [-0.2, -0.15) is 9.78 Å². The Morgan fingerprint density at radius 2 is 2.08 bits per heavy atom. The smallest absolute Gasteiger partial charge is 0.279 e. The van der Waals surface area contributed by atoms with E-state index < -0.39 is 5.82 Å². The molecule has 0 spiro atoms. The summed E-state index contributed by atoms with van der Waals surface area (Å²) in [4.78, 5) is 34.9. The van der Waals surface area contributed by atoms with E-state index in [1.165, 1.54) is 39.7 Å². The molecule has 1 fully saturated rings. The van der Waals surface area contributed by atoms with Crippen molar-refractivity contribution < 1.29 is 9.18 Å². The fourth-order valence-corrected chi connectivity index (χ4v) is 4.35. The summed E-state index contributed by atoms with van der Waals surface area (Å²) in [6.45, 7) is 5.33. The fraction of sp³-hybridized carbons (Fsp3) is 0.207. The number of hydrogen-bond donors (Lipinski definition) is 1. The van der Waals surface area contributed by atoms with E-state index in [0.29, 0.717) is 28.1 Å².